The number of carbonyl (C=O) groups is 1. The van der Waals surface area contributed by atoms with Crippen molar-refractivity contribution in [3.05, 3.63) is 64.7 Å². The van der Waals surface area contributed by atoms with Crippen LogP contribution in [0, 0.1) is 6.92 Å². The first-order valence-corrected chi connectivity index (χ1v) is 9.46. The van der Waals surface area contributed by atoms with Gasteiger partial charge in [-0.1, -0.05) is 53.2 Å². The second kappa shape index (κ2) is 8.38. The van der Waals surface area contributed by atoms with Crippen LogP contribution < -0.4 is 5.32 Å². The molecule has 0 radical (unpaired) electrons. The minimum atomic E-state index is -0.105. The average molecular weight is 388 g/mol. The quantitative estimate of drug-likeness (QED) is 0.622. The fraction of sp³-hybridized carbons (Fsp3) is 0.211. The van der Waals surface area contributed by atoms with Gasteiger partial charge in [0.25, 0.3) is 5.22 Å². The molecule has 5 nitrogen and oxygen atoms in total. The van der Waals surface area contributed by atoms with Crippen molar-refractivity contribution in [2.45, 2.75) is 25.1 Å². The summed E-state index contributed by atoms with van der Waals surface area (Å²) >= 11 is 7.09. The molecular weight excluding hydrogens is 370 g/mol. The molecule has 3 aromatic rings. The number of amides is 1. The van der Waals surface area contributed by atoms with Crippen LogP contribution in [0.15, 0.2) is 58.2 Å². The summed E-state index contributed by atoms with van der Waals surface area (Å²) in [6, 6.07) is 15.1. The molecule has 1 amide bonds. The normalized spacial score (nSPS) is 12.0. The maximum Gasteiger partial charge on any atom is 0.277 e. The third kappa shape index (κ3) is 4.86. The highest BCUT2D eigenvalue weighted by molar-refractivity contribution is 7.99. The van der Waals surface area contributed by atoms with Crippen LogP contribution in [-0.2, 0) is 4.79 Å². The first-order chi connectivity index (χ1) is 12.5. The van der Waals surface area contributed by atoms with E-state index in [4.69, 9.17) is 16.0 Å². The molecule has 0 aliphatic rings. The maximum absolute atomic E-state index is 12.1. The van der Waals surface area contributed by atoms with Gasteiger partial charge in [-0.15, -0.1) is 10.2 Å². The van der Waals surface area contributed by atoms with Gasteiger partial charge in [0, 0.05) is 10.6 Å². The molecule has 0 aliphatic heterocycles. The van der Waals surface area contributed by atoms with Gasteiger partial charge in [-0.25, -0.2) is 0 Å². The molecule has 2 aromatic carbocycles. The summed E-state index contributed by atoms with van der Waals surface area (Å²) in [5, 5.41) is 12.0. The molecule has 7 heteroatoms. The van der Waals surface area contributed by atoms with E-state index in [0.717, 1.165) is 16.7 Å². The Labute approximate surface area is 161 Å². The topological polar surface area (TPSA) is 68.0 Å². The molecule has 0 aliphatic carbocycles. The molecule has 1 heterocycles. The minimum Gasteiger partial charge on any atom is -0.411 e. The summed E-state index contributed by atoms with van der Waals surface area (Å²) in [4.78, 5) is 12.1. The van der Waals surface area contributed by atoms with Crippen molar-refractivity contribution in [3.63, 3.8) is 0 Å². The molecule has 3 rings (SSSR count). The number of benzene rings is 2. The molecule has 0 bridgehead atoms. The van der Waals surface area contributed by atoms with Crippen LogP contribution >= 0.6 is 23.4 Å². The van der Waals surface area contributed by atoms with Crippen LogP contribution in [0.5, 0.6) is 0 Å². The molecule has 0 saturated heterocycles. The number of aryl methyl sites for hydroxylation is 1. The molecule has 0 fully saturated rings. The lowest BCUT2D eigenvalue weighted by Crippen LogP contribution is -2.28. The summed E-state index contributed by atoms with van der Waals surface area (Å²) in [6.07, 6.45) is 0. The number of nitrogens with one attached hydrogen (secondary N) is 1. The van der Waals surface area contributed by atoms with E-state index in [2.05, 4.69) is 15.5 Å². The molecular formula is C19H18ClN3O2S. The molecule has 134 valence electrons. The predicted octanol–water partition coefficient (Wildman–Crippen LogP) is 4.67. The number of nitrogens with zero attached hydrogens (tertiary/aromatic N) is 2. The van der Waals surface area contributed by atoms with Crippen molar-refractivity contribution in [1.29, 1.82) is 0 Å². The van der Waals surface area contributed by atoms with Crippen molar-refractivity contribution < 1.29 is 9.21 Å². The van der Waals surface area contributed by atoms with E-state index in [1.54, 1.807) is 12.1 Å². The number of rotatable bonds is 6. The van der Waals surface area contributed by atoms with Gasteiger partial charge in [-0.3, -0.25) is 4.79 Å². The SMILES string of the molecule is Cc1ccc(-c2nnc(SCC(=O)N[C@H](C)c3ccc(Cl)cc3)o2)cc1. The standard InChI is InChI=1S/C19H18ClN3O2S/c1-12-3-5-15(6-4-12)18-22-23-19(25-18)26-11-17(24)21-13(2)14-7-9-16(20)10-8-14/h3-10,13H,11H2,1-2H3,(H,21,24)/t13-/m1/s1. The Hall–Kier alpha value is -2.31. The molecule has 0 spiro atoms. The molecule has 0 saturated carbocycles. The highest BCUT2D eigenvalue weighted by atomic mass is 35.5. The van der Waals surface area contributed by atoms with Crippen molar-refractivity contribution in [2.24, 2.45) is 0 Å². The first-order valence-electron chi connectivity index (χ1n) is 8.09. The van der Waals surface area contributed by atoms with Crippen LogP contribution in [0.25, 0.3) is 11.5 Å². The van der Waals surface area contributed by atoms with Gasteiger partial charge in [-0.2, -0.15) is 0 Å². The Morgan fingerprint density at radius 3 is 2.54 bits per heavy atom. The second-order valence-electron chi connectivity index (χ2n) is 5.87. The molecule has 1 aromatic heterocycles. The number of aromatic nitrogens is 2. The Balaban J connectivity index is 1.53. The Bertz CT molecular complexity index is 879. The van der Waals surface area contributed by atoms with Gasteiger partial charge in [0.1, 0.15) is 0 Å². The van der Waals surface area contributed by atoms with Crippen LogP contribution in [0.3, 0.4) is 0 Å². The highest BCUT2D eigenvalue weighted by Gasteiger charge is 2.13. The second-order valence-corrected chi connectivity index (χ2v) is 7.23. The van der Waals surface area contributed by atoms with Crippen molar-refractivity contribution >= 4 is 29.3 Å². The summed E-state index contributed by atoms with van der Waals surface area (Å²) in [5.41, 5.74) is 3.01. The summed E-state index contributed by atoms with van der Waals surface area (Å²) in [7, 11) is 0. The zero-order valence-corrected chi connectivity index (χ0v) is 16.0. The van der Waals surface area contributed by atoms with E-state index in [-0.39, 0.29) is 17.7 Å². The van der Waals surface area contributed by atoms with Crippen molar-refractivity contribution in [3.8, 4) is 11.5 Å². The summed E-state index contributed by atoms with van der Waals surface area (Å²) < 4.78 is 5.61. The number of hydrogen-bond donors (Lipinski definition) is 1. The largest absolute Gasteiger partial charge is 0.411 e. The number of halogens is 1. The molecule has 26 heavy (non-hydrogen) atoms. The van der Waals surface area contributed by atoms with E-state index in [0.29, 0.717) is 16.1 Å². The zero-order chi connectivity index (χ0) is 18.5. The van der Waals surface area contributed by atoms with Crippen LogP contribution in [-0.4, -0.2) is 21.9 Å². The smallest absolute Gasteiger partial charge is 0.277 e. The monoisotopic (exact) mass is 387 g/mol. The van der Waals surface area contributed by atoms with E-state index in [9.17, 15) is 4.79 Å². The van der Waals surface area contributed by atoms with Crippen molar-refractivity contribution in [2.75, 3.05) is 5.75 Å². The summed E-state index contributed by atoms with van der Waals surface area (Å²) in [5.74, 6) is 0.544. The third-order valence-corrected chi connectivity index (χ3v) is 4.85. The Kier molecular flexibility index (Phi) is 5.96. The predicted molar refractivity (Wildman–Crippen MR) is 103 cm³/mol. The number of hydrogen-bond acceptors (Lipinski definition) is 5. The molecule has 1 N–H and O–H groups in total. The Morgan fingerprint density at radius 1 is 1.15 bits per heavy atom. The first kappa shape index (κ1) is 18.5. The van der Waals surface area contributed by atoms with Crippen molar-refractivity contribution in [1.82, 2.24) is 15.5 Å². The van der Waals surface area contributed by atoms with Gasteiger partial charge in [0.15, 0.2) is 0 Å². The third-order valence-electron chi connectivity index (χ3n) is 3.78. The average Bonchev–Trinajstić information content (AvgIpc) is 3.10. The van der Waals surface area contributed by atoms with Crippen LogP contribution in [0.1, 0.15) is 24.1 Å². The molecule has 0 unspecified atom stereocenters. The lowest BCUT2D eigenvalue weighted by Gasteiger charge is -2.13. The number of thioether (sulfide) groups is 1. The zero-order valence-electron chi connectivity index (χ0n) is 14.4. The van der Waals surface area contributed by atoms with Gasteiger partial charge >= 0.3 is 0 Å². The number of carbonyl (C=O) groups excluding carboxylic acids is 1. The van der Waals surface area contributed by atoms with E-state index in [1.807, 2.05) is 50.2 Å². The fourth-order valence-corrected chi connectivity index (χ4v) is 3.03. The summed E-state index contributed by atoms with van der Waals surface area (Å²) in [6.45, 7) is 3.94. The maximum atomic E-state index is 12.1. The van der Waals surface area contributed by atoms with Crippen LogP contribution in [0.4, 0.5) is 0 Å². The lowest BCUT2D eigenvalue weighted by molar-refractivity contribution is -0.119. The Morgan fingerprint density at radius 2 is 1.85 bits per heavy atom. The van der Waals surface area contributed by atoms with E-state index < -0.39 is 0 Å². The minimum absolute atomic E-state index is 0.104. The van der Waals surface area contributed by atoms with Gasteiger partial charge in [-0.05, 0) is 43.7 Å². The highest BCUT2D eigenvalue weighted by Crippen LogP contribution is 2.23. The van der Waals surface area contributed by atoms with Gasteiger partial charge in [0.05, 0.1) is 11.8 Å². The van der Waals surface area contributed by atoms with Gasteiger partial charge in [0.2, 0.25) is 11.8 Å². The van der Waals surface area contributed by atoms with E-state index >= 15 is 0 Å². The van der Waals surface area contributed by atoms with Gasteiger partial charge < -0.3 is 9.73 Å². The van der Waals surface area contributed by atoms with Crippen LogP contribution in [0.2, 0.25) is 5.02 Å². The lowest BCUT2D eigenvalue weighted by atomic mass is 10.1. The van der Waals surface area contributed by atoms with E-state index in [1.165, 1.54) is 11.8 Å². The molecule has 1 atom stereocenters. The fourth-order valence-electron chi connectivity index (χ4n) is 2.33.